The molecule has 2 N–H and O–H groups in total. The second kappa shape index (κ2) is 21.7. The monoisotopic (exact) mass is 482 g/mol. The Balaban J connectivity index is 0.000000757. The van der Waals surface area contributed by atoms with Crippen LogP contribution in [0, 0.1) is 11.8 Å². The van der Waals surface area contributed by atoms with Crippen molar-refractivity contribution in [3.8, 4) is 0 Å². The Bertz CT molecular complexity index is 529. The average molecular weight is 483 g/mol. The highest BCUT2D eigenvalue weighted by Crippen LogP contribution is 2.28. The number of unbranched alkanes of at least 4 members (excludes halogenated alkanes) is 10. The summed E-state index contributed by atoms with van der Waals surface area (Å²) in [6.45, 7) is 7.98. The molecule has 34 heavy (non-hydrogen) atoms. The molecule has 0 aromatic carbocycles. The van der Waals surface area contributed by atoms with E-state index in [4.69, 9.17) is 14.9 Å². The molecule has 1 aliphatic carbocycles. The molecule has 198 valence electrons. The predicted octanol–water partition coefficient (Wildman–Crippen LogP) is 7.55. The van der Waals surface area contributed by atoms with Crippen molar-refractivity contribution in [1.82, 2.24) is 0 Å². The molecular formula is C28H50O6. The number of carbonyl (C=O) groups is 3. The van der Waals surface area contributed by atoms with E-state index in [2.05, 4.69) is 20.4 Å². The van der Waals surface area contributed by atoms with Gasteiger partial charge in [-0.15, -0.1) is 0 Å². The van der Waals surface area contributed by atoms with E-state index < -0.39 is 11.9 Å². The van der Waals surface area contributed by atoms with E-state index in [-0.39, 0.29) is 23.9 Å². The minimum atomic E-state index is -0.793. The molecule has 0 amide bonds. The first kappa shape index (κ1) is 32.1. The van der Waals surface area contributed by atoms with Gasteiger partial charge in [-0.25, -0.2) is 4.79 Å². The highest BCUT2D eigenvalue weighted by Gasteiger charge is 2.29. The van der Waals surface area contributed by atoms with Gasteiger partial charge in [-0.1, -0.05) is 84.6 Å². The molecule has 6 heteroatoms. The number of hydrogen-bond donors (Lipinski definition) is 2. The molecule has 6 nitrogen and oxygen atoms in total. The lowest BCUT2D eigenvalue weighted by molar-refractivity contribution is -0.148. The molecule has 1 saturated carbocycles. The zero-order valence-electron chi connectivity index (χ0n) is 21.8. The van der Waals surface area contributed by atoms with E-state index in [0.717, 1.165) is 12.8 Å². The van der Waals surface area contributed by atoms with Crippen LogP contribution in [0.2, 0.25) is 0 Å². The number of rotatable bonds is 18. The third-order valence-corrected chi connectivity index (χ3v) is 6.63. The molecule has 1 rings (SSSR count). The first-order valence-corrected chi connectivity index (χ1v) is 13.6. The Morgan fingerprint density at radius 1 is 0.735 bits per heavy atom. The molecule has 0 saturated heterocycles. The smallest absolute Gasteiger partial charge is 0.330 e. The maximum Gasteiger partial charge on any atom is 0.330 e. The van der Waals surface area contributed by atoms with Gasteiger partial charge in [0, 0.05) is 6.08 Å². The molecule has 0 heterocycles. The van der Waals surface area contributed by atoms with E-state index in [1.165, 1.54) is 83.1 Å². The van der Waals surface area contributed by atoms with Crippen LogP contribution in [-0.4, -0.2) is 34.2 Å². The van der Waals surface area contributed by atoms with Gasteiger partial charge in [0.25, 0.3) is 0 Å². The van der Waals surface area contributed by atoms with Crippen molar-refractivity contribution < 1.29 is 29.3 Å². The van der Waals surface area contributed by atoms with Gasteiger partial charge in [0.1, 0.15) is 6.10 Å². The van der Waals surface area contributed by atoms with Crippen LogP contribution in [0.15, 0.2) is 12.7 Å². The zero-order chi connectivity index (χ0) is 25.6. The largest absolute Gasteiger partial charge is 0.481 e. The van der Waals surface area contributed by atoms with Crippen molar-refractivity contribution in [1.29, 1.82) is 0 Å². The summed E-state index contributed by atoms with van der Waals surface area (Å²) in [7, 11) is 0. The topological polar surface area (TPSA) is 101 Å². The molecule has 0 aromatic rings. The number of ether oxygens (including phenoxy) is 1. The Morgan fingerprint density at radius 3 is 1.41 bits per heavy atom. The van der Waals surface area contributed by atoms with E-state index in [0.29, 0.717) is 25.7 Å². The summed E-state index contributed by atoms with van der Waals surface area (Å²) in [5, 5.41) is 17.2. The van der Waals surface area contributed by atoms with Crippen LogP contribution in [0.3, 0.4) is 0 Å². The van der Waals surface area contributed by atoms with Crippen molar-refractivity contribution >= 4 is 17.9 Å². The number of hydrogen-bond acceptors (Lipinski definition) is 4. The third-order valence-electron chi connectivity index (χ3n) is 6.63. The summed E-state index contributed by atoms with van der Waals surface area (Å²) in [6.07, 6.45) is 20.9. The lowest BCUT2D eigenvalue weighted by atomic mass is 9.82. The molecule has 0 aliphatic heterocycles. The summed E-state index contributed by atoms with van der Waals surface area (Å²) in [6, 6.07) is 0. The lowest BCUT2D eigenvalue weighted by Crippen LogP contribution is -2.25. The van der Waals surface area contributed by atoms with Crippen LogP contribution in [0.1, 0.15) is 129 Å². The highest BCUT2D eigenvalue weighted by molar-refractivity contribution is 5.81. The summed E-state index contributed by atoms with van der Waals surface area (Å²) in [5.41, 5.74) is 0. The van der Waals surface area contributed by atoms with Crippen LogP contribution in [0.4, 0.5) is 0 Å². The molecule has 1 atom stereocenters. The van der Waals surface area contributed by atoms with Gasteiger partial charge in [0.05, 0.1) is 11.8 Å². The number of aliphatic carboxylic acids is 2. The standard InChI is InChI=1S/C20H38O2.C8H12O4/c1-4-7-9-11-12-14-16-18-19(22-20(21)6-3)17-15-13-10-8-5-2;9-7(10)5-1-2-6(4-3-5)8(11)12/h6,19H,3-5,7-18H2,1-2H3;5-6H,1-4H2,(H,9,10)(H,11,12). The Morgan fingerprint density at radius 2 is 1.09 bits per heavy atom. The number of carboxylic acids is 2. The van der Waals surface area contributed by atoms with Gasteiger partial charge in [0.15, 0.2) is 0 Å². The van der Waals surface area contributed by atoms with E-state index in [9.17, 15) is 14.4 Å². The Kier molecular flexibility index (Phi) is 20.5. The van der Waals surface area contributed by atoms with Gasteiger partial charge in [-0.3, -0.25) is 9.59 Å². The van der Waals surface area contributed by atoms with Crippen LogP contribution in [0.25, 0.3) is 0 Å². The molecule has 0 radical (unpaired) electrons. The minimum Gasteiger partial charge on any atom is -0.481 e. The molecular weight excluding hydrogens is 432 g/mol. The maximum atomic E-state index is 11.4. The molecule has 1 fully saturated rings. The molecule has 1 unspecified atom stereocenters. The summed E-state index contributed by atoms with van der Waals surface area (Å²) < 4.78 is 5.49. The molecule has 0 bridgehead atoms. The Hall–Kier alpha value is -1.85. The van der Waals surface area contributed by atoms with Crippen molar-refractivity contribution in [2.45, 2.75) is 136 Å². The average Bonchev–Trinajstić information content (AvgIpc) is 2.83. The van der Waals surface area contributed by atoms with Crippen molar-refractivity contribution in [2.24, 2.45) is 11.8 Å². The molecule has 0 aromatic heterocycles. The SMILES string of the molecule is C=CC(=O)OC(CCCCCCC)CCCCCCCCC.O=C(O)C1CCC(C(=O)O)CC1. The minimum absolute atomic E-state index is 0.0998. The van der Waals surface area contributed by atoms with Crippen LogP contribution in [-0.2, 0) is 19.1 Å². The maximum absolute atomic E-state index is 11.4. The van der Waals surface area contributed by atoms with E-state index in [1.807, 2.05) is 0 Å². The number of carbonyl (C=O) groups excluding carboxylic acids is 1. The first-order chi connectivity index (χ1) is 16.3. The Labute approximate surface area is 207 Å². The van der Waals surface area contributed by atoms with Crippen molar-refractivity contribution in [3.63, 3.8) is 0 Å². The van der Waals surface area contributed by atoms with Gasteiger partial charge in [-0.2, -0.15) is 0 Å². The first-order valence-electron chi connectivity index (χ1n) is 13.6. The summed E-state index contributed by atoms with van der Waals surface area (Å²) in [4.78, 5) is 32.4. The van der Waals surface area contributed by atoms with Gasteiger partial charge >= 0.3 is 17.9 Å². The summed E-state index contributed by atoms with van der Waals surface area (Å²) >= 11 is 0. The number of esters is 1. The zero-order valence-corrected chi connectivity index (χ0v) is 21.8. The lowest BCUT2D eigenvalue weighted by Gasteiger charge is -2.22. The van der Waals surface area contributed by atoms with E-state index >= 15 is 0 Å². The second-order valence-electron chi connectivity index (χ2n) is 9.60. The van der Waals surface area contributed by atoms with E-state index in [1.54, 1.807) is 0 Å². The van der Waals surface area contributed by atoms with Gasteiger partial charge in [-0.05, 0) is 51.4 Å². The highest BCUT2D eigenvalue weighted by atomic mass is 16.5. The normalized spacial score (nSPS) is 18.3. The quantitative estimate of drug-likeness (QED) is 0.119. The van der Waals surface area contributed by atoms with Crippen LogP contribution in [0.5, 0.6) is 0 Å². The fourth-order valence-electron chi connectivity index (χ4n) is 4.37. The molecule has 1 aliphatic rings. The third kappa shape index (κ3) is 17.6. The number of carboxylic acid groups (broad SMARTS) is 2. The predicted molar refractivity (Wildman–Crippen MR) is 137 cm³/mol. The van der Waals surface area contributed by atoms with Crippen LogP contribution < -0.4 is 0 Å². The fourth-order valence-corrected chi connectivity index (χ4v) is 4.37. The molecule has 0 spiro atoms. The van der Waals surface area contributed by atoms with Gasteiger partial charge in [0.2, 0.25) is 0 Å². The second-order valence-corrected chi connectivity index (χ2v) is 9.60. The summed E-state index contributed by atoms with van der Waals surface area (Å²) in [5.74, 6) is -2.49. The fraction of sp³-hybridized carbons (Fsp3) is 0.821. The van der Waals surface area contributed by atoms with Crippen molar-refractivity contribution in [3.05, 3.63) is 12.7 Å². The van der Waals surface area contributed by atoms with Crippen LogP contribution >= 0.6 is 0 Å². The van der Waals surface area contributed by atoms with Gasteiger partial charge < -0.3 is 14.9 Å². The van der Waals surface area contributed by atoms with Crippen molar-refractivity contribution in [2.75, 3.05) is 0 Å².